The molecular weight excluding hydrogens is 440 g/mol. The van der Waals surface area contributed by atoms with Crippen molar-refractivity contribution in [3.63, 3.8) is 0 Å². The van der Waals surface area contributed by atoms with Crippen LogP contribution in [0.4, 0.5) is 0 Å². The zero-order valence-electron chi connectivity index (χ0n) is 20.0. The van der Waals surface area contributed by atoms with E-state index < -0.39 is 40.1 Å². The van der Waals surface area contributed by atoms with Gasteiger partial charge >= 0.3 is 11.9 Å². The summed E-state index contributed by atoms with van der Waals surface area (Å²) in [5.74, 6) is -2.09. The summed E-state index contributed by atoms with van der Waals surface area (Å²) in [4.78, 5) is 23.8. The van der Waals surface area contributed by atoms with Crippen molar-refractivity contribution in [3.8, 4) is 0 Å². The molecule has 2 atom stereocenters. The molecule has 6 nitrogen and oxygen atoms in total. The largest absolute Gasteiger partial charge is 0.545 e. The number of hydrogen-bond acceptors (Lipinski definition) is 4. The Labute approximate surface area is 193 Å². The first kappa shape index (κ1) is 26.1. The van der Waals surface area contributed by atoms with E-state index in [1.165, 1.54) is 0 Å². The second-order valence-corrected chi connectivity index (χ2v) is 19.1. The van der Waals surface area contributed by atoms with Crippen LogP contribution in [0.25, 0.3) is 0 Å². The fraction of sp³-hybridized carbons (Fsp3) is 0.500. The van der Waals surface area contributed by atoms with Crippen molar-refractivity contribution in [1.29, 1.82) is 0 Å². The van der Waals surface area contributed by atoms with Crippen LogP contribution in [0.3, 0.4) is 0 Å². The van der Waals surface area contributed by atoms with Gasteiger partial charge in [-0.3, -0.25) is 4.79 Å². The summed E-state index contributed by atoms with van der Waals surface area (Å²) in [6, 6.07) is 7.01. The number of carboxylic acid groups (broad SMARTS) is 2. The van der Waals surface area contributed by atoms with Crippen molar-refractivity contribution in [2.75, 3.05) is 0 Å². The van der Waals surface area contributed by atoms with Crippen molar-refractivity contribution in [2.45, 2.75) is 70.6 Å². The number of carbonyl (C=O) groups is 2. The molecule has 0 aliphatic heterocycles. The van der Waals surface area contributed by atoms with Crippen molar-refractivity contribution >= 4 is 28.6 Å². The summed E-state index contributed by atoms with van der Waals surface area (Å²) >= 11 is 0. The number of aryl methyl sites for hydroxylation is 1. The van der Waals surface area contributed by atoms with Crippen LogP contribution in [0, 0.1) is 5.92 Å². The Hall–Kier alpha value is -2.17. The monoisotopic (exact) mass is 476 g/mol. The van der Waals surface area contributed by atoms with Crippen molar-refractivity contribution in [1.82, 2.24) is 0 Å². The van der Waals surface area contributed by atoms with E-state index in [0.717, 1.165) is 12.0 Å². The molecule has 8 heteroatoms. The lowest BCUT2D eigenvalue weighted by Gasteiger charge is -2.46. The van der Waals surface area contributed by atoms with Gasteiger partial charge in [0.05, 0.1) is 5.56 Å². The number of aliphatic carboxylic acids is 1. The van der Waals surface area contributed by atoms with Crippen LogP contribution in [0.5, 0.6) is 0 Å². The maximum absolute atomic E-state index is 12.3. The molecule has 1 aromatic rings. The molecule has 0 saturated heterocycles. The third kappa shape index (κ3) is 6.92. The molecule has 176 valence electrons. The first-order valence-corrected chi connectivity index (χ1v) is 17.9. The van der Waals surface area contributed by atoms with Crippen molar-refractivity contribution in [2.24, 2.45) is 5.92 Å². The molecule has 1 aliphatic rings. The van der Waals surface area contributed by atoms with E-state index in [1.54, 1.807) is 24.3 Å². The first-order valence-electron chi connectivity index (χ1n) is 11.1. The minimum Gasteiger partial charge on any atom is -0.545 e. The molecule has 1 aromatic carbocycles. The minimum absolute atomic E-state index is 0.312. The second-order valence-electron chi connectivity index (χ2n) is 10.2. The molecule has 0 bridgehead atoms. The Bertz CT molecular complexity index is 894. The van der Waals surface area contributed by atoms with Crippen molar-refractivity contribution in [3.05, 3.63) is 59.4 Å². The Morgan fingerprint density at radius 2 is 1.66 bits per heavy atom. The number of aromatic carboxylic acids is 1. The fourth-order valence-electron chi connectivity index (χ4n) is 4.08. The van der Waals surface area contributed by atoms with Crippen LogP contribution in [0.1, 0.15) is 35.2 Å². The molecule has 32 heavy (non-hydrogen) atoms. The maximum Gasteiger partial charge on any atom is 0.335 e. The van der Waals surface area contributed by atoms with Crippen LogP contribution >= 0.6 is 0 Å². The van der Waals surface area contributed by atoms with E-state index in [9.17, 15) is 19.8 Å². The number of allylic oxidation sites excluding steroid dienone is 2. The highest BCUT2D eigenvalue weighted by Crippen LogP contribution is 2.43. The highest BCUT2D eigenvalue weighted by atomic mass is 28.4. The number of carboxylic acids is 2. The molecule has 2 N–H and O–H groups in total. The molecule has 1 unspecified atom stereocenters. The van der Waals surface area contributed by atoms with Gasteiger partial charge in [0.2, 0.25) is 8.32 Å². The number of rotatable bonds is 11. The van der Waals surface area contributed by atoms with Gasteiger partial charge in [-0.05, 0) is 82.7 Å². The second kappa shape index (κ2) is 10.2. The molecule has 0 fully saturated rings. The molecule has 0 spiro atoms. The minimum atomic E-state index is -2.15. The van der Waals surface area contributed by atoms with Gasteiger partial charge in [0.15, 0.2) is 8.32 Å². The average molecular weight is 477 g/mol. The number of benzene rings is 1. The summed E-state index contributed by atoms with van der Waals surface area (Å²) in [5.41, 5.74) is 0.0392. The Morgan fingerprint density at radius 1 is 1.00 bits per heavy atom. The molecule has 0 saturated carbocycles. The number of hydrogen-bond donors (Lipinski definition) is 2. The molecule has 0 radical (unpaired) electrons. The lowest BCUT2D eigenvalue weighted by Crippen LogP contribution is -2.54. The van der Waals surface area contributed by atoms with E-state index in [-0.39, 0.29) is 0 Å². The van der Waals surface area contributed by atoms with Gasteiger partial charge in [-0.2, -0.15) is 0 Å². The SMILES string of the molecule is C[Si](C)(C)OC1=CC=CC(C(=O)O)[C@]1(CCCCc1ccccc1C(=O)O)O[Si](C)(C)C. The predicted molar refractivity (Wildman–Crippen MR) is 131 cm³/mol. The van der Waals surface area contributed by atoms with E-state index in [1.807, 2.05) is 18.2 Å². The highest BCUT2D eigenvalue weighted by molar-refractivity contribution is 6.70. The maximum atomic E-state index is 12.3. The van der Waals surface area contributed by atoms with Crippen LogP contribution in [-0.4, -0.2) is 44.4 Å². The third-order valence-electron chi connectivity index (χ3n) is 5.13. The summed E-state index contributed by atoms with van der Waals surface area (Å²) in [6.45, 7) is 12.4. The van der Waals surface area contributed by atoms with Gasteiger partial charge in [-0.15, -0.1) is 0 Å². The lowest BCUT2D eigenvalue weighted by atomic mass is 9.78. The van der Waals surface area contributed by atoms with E-state index in [2.05, 4.69) is 39.3 Å². The Kier molecular flexibility index (Phi) is 8.30. The van der Waals surface area contributed by atoms with Gasteiger partial charge < -0.3 is 19.1 Å². The van der Waals surface area contributed by atoms with Gasteiger partial charge in [-0.1, -0.05) is 30.4 Å². The predicted octanol–water partition coefficient (Wildman–Crippen LogP) is 5.69. The van der Waals surface area contributed by atoms with E-state index >= 15 is 0 Å². The van der Waals surface area contributed by atoms with E-state index in [0.29, 0.717) is 30.6 Å². The molecule has 1 aliphatic carbocycles. The lowest BCUT2D eigenvalue weighted by molar-refractivity contribution is -0.147. The van der Waals surface area contributed by atoms with Crippen LogP contribution in [0.15, 0.2) is 48.3 Å². The Morgan fingerprint density at radius 3 is 2.22 bits per heavy atom. The standard InChI is InChI=1S/C24H36O6Si2/c1-31(2,3)29-21-16-11-15-20(23(27)28)24(21,30-32(4,5)6)17-10-9-13-18-12-7-8-14-19(18)22(25)26/h7-8,11-12,14-16,20H,9-10,13,17H2,1-6H3,(H,25,26)(H,27,28)/t20?,24-/m0/s1. The molecule has 2 rings (SSSR count). The van der Waals surface area contributed by atoms with Crippen LogP contribution in [0.2, 0.25) is 39.3 Å². The quantitative estimate of drug-likeness (QED) is 0.315. The molecule has 0 aromatic heterocycles. The fourth-order valence-corrected chi connectivity index (χ4v) is 6.40. The van der Waals surface area contributed by atoms with Gasteiger partial charge in [-0.25, -0.2) is 4.79 Å². The summed E-state index contributed by atoms with van der Waals surface area (Å²) in [5, 5.41) is 19.5. The van der Waals surface area contributed by atoms with Crippen LogP contribution in [-0.2, 0) is 20.1 Å². The van der Waals surface area contributed by atoms with Gasteiger partial charge in [0, 0.05) is 0 Å². The van der Waals surface area contributed by atoms with Gasteiger partial charge in [0.1, 0.15) is 17.3 Å². The smallest absolute Gasteiger partial charge is 0.335 e. The zero-order chi connectivity index (χ0) is 24.2. The van der Waals surface area contributed by atoms with Crippen molar-refractivity contribution < 1.29 is 28.7 Å². The molecule has 0 heterocycles. The first-order chi connectivity index (χ1) is 14.8. The summed E-state index contributed by atoms with van der Waals surface area (Å²) in [7, 11) is -4.17. The zero-order valence-corrected chi connectivity index (χ0v) is 22.0. The molecule has 0 amide bonds. The number of unbranched alkanes of at least 4 members (excludes halogenated alkanes) is 1. The van der Waals surface area contributed by atoms with Crippen LogP contribution < -0.4 is 0 Å². The van der Waals surface area contributed by atoms with E-state index in [4.69, 9.17) is 8.85 Å². The third-order valence-corrected chi connectivity index (χ3v) is 6.94. The summed E-state index contributed by atoms with van der Waals surface area (Å²) < 4.78 is 13.0. The average Bonchev–Trinajstić information content (AvgIpc) is 2.64. The van der Waals surface area contributed by atoms with Gasteiger partial charge in [0.25, 0.3) is 0 Å². The molecular formula is C24H36O6Si2. The Balaban J connectivity index is 2.31. The highest BCUT2D eigenvalue weighted by Gasteiger charge is 2.51. The summed E-state index contributed by atoms with van der Waals surface area (Å²) in [6.07, 6.45) is 7.80. The normalized spacial score (nSPS) is 21.2. The topological polar surface area (TPSA) is 93.1 Å².